The number of rotatable bonds is 10. The van der Waals surface area contributed by atoms with E-state index in [-0.39, 0.29) is 12.3 Å². The zero-order valence-electron chi connectivity index (χ0n) is 20.6. The summed E-state index contributed by atoms with van der Waals surface area (Å²) in [7, 11) is 0. The third-order valence-electron chi connectivity index (χ3n) is 5.53. The molecule has 1 fully saturated rings. The molecule has 0 atom stereocenters. The van der Waals surface area contributed by atoms with Crippen molar-refractivity contribution in [3.63, 3.8) is 0 Å². The predicted octanol–water partition coefficient (Wildman–Crippen LogP) is 4.65. The number of aromatic nitrogens is 2. The van der Waals surface area contributed by atoms with E-state index in [9.17, 15) is 9.70 Å². The fourth-order valence-corrected chi connectivity index (χ4v) is 3.68. The van der Waals surface area contributed by atoms with E-state index in [1.807, 2.05) is 37.3 Å². The third-order valence-corrected chi connectivity index (χ3v) is 5.53. The van der Waals surface area contributed by atoms with Crippen molar-refractivity contribution in [1.82, 2.24) is 9.97 Å². The van der Waals surface area contributed by atoms with Crippen LogP contribution in [-0.2, 0) is 15.9 Å². The van der Waals surface area contributed by atoms with Crippen molar-refractivity contribution in [1.29, 1.82) is 0 Å². The van der Waals surface area contributed by atoms with E-state index in [4.69, 9.17) is 14.5 Å². The van der Waals surface area contributed by atoms with Crippen LogP contribution in [0.4, 0.5) is 27.8 Å². The molecule has 0 unspecified atom stereocenters. The van der Waals surface area contributed by atoms with Crippen LogP contribution in [0.5, 0.6) is 0 Å². The average molecular weight is 504 g/mol. The minimum atomic E-state index is -0.581. The number of morpholine rings is 1. The predicted molar refractivity (Wildman–Crippen MR) is 143 cm³/mol. The molecule has 1 aromatic heterocycles. The smallest absolute Gasteiger partial charge is 0.411 e. The molecule has 192 valence electrons. The van der Waals surface area contributed by atoms with E-state index in [0.29, 0.717) is 43.4 Å². The van der Waals surface area contributed by atoms with Gasteiger partial charge >= 0.3 is 6.09 Å². The summed E-state index contributed by atoms with van der Waals surface area (Å²) in [6.07, 6.45) is 2.22. The average Bonchev–Trinajstić information content (AvgIpc) is 2.92. The molecule has 1 aliphatic heterocycles. The second kappa shape index (κ2) is 13.1. The standard InChI is InChI=1S/C26H29N7O4/c1-19-4-2-5-20(16-19)18-27-31-24-17-25(33-11-14-36-15-12-33)30-23(29-24)6-3-13-37-26(34)28-21-7-9-22(32-35)10-8-21/h2,4-5,7-10,16-18H,3,6,11-15H2,1H3,(H,28,34)(H,29,30,31)/b27-18+. The first kappa shape index (κ1) is 25.7. The molecule has 0 radical (unpaired) electrons. The summed E-state index contributed by atoms with van der Waals surface area (Å²) in [5.41, 5.74) is 5.96. The molecule has 0 spiro atoms. The van der Waals surface area contributed by atoms with E-state index in [2.05, 4.69) is 30.9 Å². The van der Waals surface area contributed by atoms with Crippen LogP contribution in [-0.4, -0.2) is 55.2 Å². The maximum atomic E-state index is 12.1. The van der Waals surface area contributed by atoms with Crippen molar-refractivity contribution in [2.24, 2.45) is 10.3 Å². The van der Waals surface area contributed by atoms with Crippen molar-refractivity contribution in [3.8, 4) is 0 Å². The lowest BCUT2D eigenvalue weighted by molar-refractivity contribution is 0.122. The van der Waals surface area contributed by atoms with Crippen LogP contribution in [0.2, 0.25) is 0 Å². The summed E-state index contributed by atoms with van der Waals surface area (Å²) in [5.74, 6) is 2.01. The Morgan fingerprint density at radius 3 is 2.70 bits per heavy atom. The first-order valence-corrected chi connectivity index (χ1v) is 12.0. The van der Waals surface area contributed by atoms with Gasteiger partial charge in [-0.1, -0.05) is 29.8 Å². The van der Waals surface area contributed by atoms with Crippen LogP contribution in [0.3, 0.4) is 0 Å². The lowest BCUT2D eigenvalue weighted by atomic mass is 10.2. The quantitative estimate of drug-likeness (QED) is 0.177. The first-order chi connectivity index (χ1) is 18.1. The van der Waals surface area contributed by atoms with Crippen LogP contribution in [0.25, 0.3) is 0 Å². The zero-order chi connectivity index (χ0) is 25.9. The molecule has 3 aromatic rings. The second-order valence-electron chi connectivity index (χ2n) is 8.41. The lowest BCUT2D eigenvalue weighted by Crippen LogP contribution is -2.37. The molecule has 1 amide bonds. The van der Waals surface area contributed by atoms with Crippen molar-refractivity contribution < 1.29 is 14.3 Å². The Balaban J connectivity index is 1.34. The van der Waals surface area contributed by atoms with Crippen molar-refractivity contribution in [2.75, 3.05) is 48.6 Å². The van der Waals surface area contributed by atoms with Gasteiger partial charge in [-0.25, -0.2) is 14.8 Å². The van der Waals surface area contributed by atoms with Crippen molar-refractivity contribution in [3.05, 3.63) is 76.5 Å². The Morgan fingerprint density at radius 2 is 1.95 bits per heavy atom. The highest BCUT2D eigenvalue weighted by Crippen LogP contribution is 2.19. The number of hydrogen-bond acceptors (Lipinski definition) is 10. The van der Waals surface area contributed by atoms with Gasteiger partial charge in [0, 0.05) is 31.3 Å². The monoisotopic (exact) mass is 503 g/mol. The Kier molecular flexibility index (Phi) is 9.08. The molecule has 2 N–H and O–H groups in total. The fraction of sp³-hybridized carbons (Fsp3) is 0.308. The summed E-state index contributed by atoms with van der Waals surface area (Å²) < 4.78 is 10.7. The highest BCUT2D eigenvalue weighted by molar-refractivity contribution is 5.84. The maximum absolute atomic E-state index is 12.1. The van der Waals surface area contributed by atoms with Crippen LogP contribution < -0.4 is 15.6 Å². The van der Waals surface area contributed by atoms with E-state index in [0.717, 1.165) is 30.0 Å². The van der Waals surface area contributed by atoms with Gasteiger partial charge in [0.1, 0.15) is 17.3 Å². The van der Waals surface area contributed by atoms with Gasteiger partial charge in [-0.3, -0.25) is 10.7 Å². The molecular formula is C26H29N7O4. The van der Waals surface area contributed by atoms with Crippen LogP contribution in [0, 0.1) is 11.8 Å². The second-order valence-corrected chi connectivity index (χ2v) is 8.41. The molecule has 0 saturated carbocycles. The number of nitrogens with zero attached hydrogens (tertiary/aromatic N) is 5. The summed E-state index contributed by atoms with van der Waals surface area (Å²) >= 11 is 0. The van der Waals surface area contributed by atoms with Gasteiger partial charge in [-0.05, 0) is 48.4 Å². The molecule has 11 nitrogen and oxygen atoms in total. The van der Waals surface area contributed by atoms with Crippen molar-refractivity contribution >= 4 is 35.3 Å². The molecule has 1 saturated heterocycles. The zero-order valence-corrected chi connectivity index (χ0v) is 20.6. The van der Waals surface area contributed by atoms with E-state index in [1.165, 1.54) is 12.1 Å². The largest absolute Gasteiger partial charge is 0.449 e. The number of ether oxygens (including phenoxy) is 2. The molecule has 11 heteroatoms. The van der Waals surface area contributed by atoms with Gasteiger partial charge in [0.05, 0.1) is 26.0 Å². The maximum Gasteiger partial charge on any atom is 0.411 e. The van der Waals surface area contributed by atoms with E-state index >= 15 is 0 Å². The Bertz CT molecular complexity index is 1230. The molecule has 0 aliphatic carbocycles. The molecule has 1 aliphatic rings. The topological polar surface area (TPSA) is 130 Å². The van der Waals surface area contributed by atoms with Gasteiger partial charge in [-0.15, -0.1) is 4.91 Å². The highest BCUT2D eigenvalue weighted by atomic mass is 16.5. The number of benzene rings is 2. The first-order valence-electron chi connectivity index (χ1n) is 12.0. The minimum absolute atomic E-state index is 0.194. The van der Waals surface area contributed by atoms with E-state index in [1.54, 1.807) is 18.3 Å². The molecule has 4 rings (SSSR count). The van der Waals surface area contributed by atoms with E-state index < -0.39 is 6.09 Å². The molecule has 0 bridgehead atoms. The molecule has 2 heterocycles. The number of nitrogens with one attached hydrogen (secondary N) is 2. The summed E-state index contributed by atoms with van der Waals surface area (Å²) in [6, 6.07) is 16.1. The number of hydrazone groups is 1. The van der Waals surface area contributed by atoms with Crippen LogP contribution >= 0.6 is 0 Å². The SMILES string of the molecule is Cc1cccc(/C=N/Nc2cc(N3CCOCC3)nc(CCCOC(=O)Nc3ccc(N=O)cc3)n2)c1. The van der Waals surface area contributed by atoms with Crippen LogP contribution in [0.15, 0.2) is 64.9 Å². The molecular weight excluding hydrogens is 474 g/mol. The lowest BCUT2D eigenvalue weighted by Gasteiger charge is -2.28. The van der Waals surface area contributed by atoms with Gasteiger partial charge in [-0.2, -0.15) is 5.10 Å². The minimum Gasteiger partial charge on any atom is -0.449 e. The Labute approximate surface area is 214 Å². The third kappa shape index (κ3) is 8.07. The fourth-order valence-electron chi connectivity index (χ4n) is 3.68. The van der Waals surface area contributed by atoms with Gasteiger partial charge in [0.15, 0.2) is 5.82 Å². The Hall–Kier alpha value is -4.38. The number of anilines is 3. The van der Waals surface area contributed by atoms with Gasteiger partial charge in [0.2, 0.25) is 0 Å². The molecule has 37 heavy (non-hydrogen) atoms. The number of carbonyl (C=O) groups is 1. The molecule has 2 aromatic carbocycles. The van der Waals surface area contributed by atoms with Gasteiger partial charge < -0.3 is 14.4 Å². The summed E-state index contributed by atoms with van der Waals surface area (Å²) in [4.78, 5) is 34.0. The number of amides is 1. The number of hydrogen-bond donors (Lipinski definition) is 2. The normalized spacial score (nSPS) is 13.4. The van der Waals surface area contributed by atoms with Crippen molar-refractivity contribution in [2.45, 2.75) is 19.8 Å². The summed E-state index contributed by atoms with van der Waals surface area (Å²) in [6.45, 7) is 5.01. The number of carbonyl (C=O) groups excluding carboxylic acids is 1. The number of aryl methyl sites for hydroxylation is 2. The summed E-state index contributed by atoms with van der Waals surface area (Å²) in [5, 5.41) is 9.78. The highest BCUT2D eigenvalue weighted by Gasteiger charge is 2.15. The Morgan fingerprint density at radius 1 is 1.14 bits per heavy atom. The van der Waals surface area contributed by atoms with Gasteiger partial charge in [0.25, 0.3) is 0 Å². The van der Waals surface area contributed by atoms with Crippen LogP contribution in [0.1, 0.15) is 23.4 Å². The number of nitroso groups, excluding NO2 is 1.